The summed E-state index contributed by atoms with van der Waals surface area (Å²) in [5.41, 5.74) is -0.527. The number of hydrogen-bond acceptors (Lipinski definition) is 14. The molecule has 1 amide bonds. The van der Waals surface area contributed by atoms with E-state index in [-0.39, 0.29) is 26.4 Å². The molecule has 1 aromatic heterocycles. The molecule has 2 aliphatic rings. The Kier molecular flexibility index (Phi) is 16.0. The van der Waals surface area contributed by atoms with Gasteiger partial charge in [-0.25, -0.2) is 9.59 Å². The van der Waals surface area contributed by atoms with Crippen LogP contribution in [-0.2, 0) is 43.5 Å². The number of ether oxygens (including phenoxy) is 10. The first kappa shape index (κ1) is 43.5. The molecular formula is C42H51N3O14. The molecule has 17 heteroatoms. The molecule has 2 aliphatic heterocycles. The van der Waals surface area contributed by atoms with E-state index in [1.807, 2.05) is 78.9 Å². The van der Waals surface area contributed by atoms with E-state index in [4.69, 9.17) is 47.4 Å². The molecule has 2 fully saturated rings. The van der Waals surface area contributed by atoms with Gasteiger partial charge < -0.3 is 57.8 Å². The normalized spacial score (nSPS) is 22.4. The van der Waals surface area contributed by atoms with Crippen LogP contribution < -0.4 is 26.0 Å². The number of aromatic amines is 1. The van der Waals surface area contributed by atoms with Crippen molar-refractivity contribution in [2.75, 3.05) is 86.8 Å². The molecule has 5 atom stereocenters. The second kappa shape index (κ2) is 21.8. The second-order valence-electron chi connectivity index (χ2n) is 13.5. The minimum absolute atomic E-state index is 0.0222. The summed E-state index contributed by atoms with van der Waals surface area (Å²) in [6.45, 7) is 2.72. The third-order valence-electron chi connectivity index (χ3n) is 9.79. The summed E-state index contributed by atoms with van der Waals surface area (Å²) in [7, 11) is 3.16. The van der Waals surface area contributed by atoms with Gasteiger partial charge in [0.15, 0.2) is 12.3 Å². The summed E-state index contributed by atoms with van der Waals surface area (Å²) in [5.74, 6) is 1.27. The van der Waals surface area contributed by atoms with E-state index in [1.165, 1.54) is 6.20 Å². The summed E-state index contributed by atoms with van der Waals surface area (Å²) in [5, 5.41) is 14.5. The summed E-state index contributed by atoms with van der Waals surface area (Å²) >= 11 is 0. The van der Waals surface area contributed by atoms with E-state index in [1.54, 1.807) is 14.2 Å². The average Bonchev–Trinajstić information content (AvgIpc) is 3.55. The van der Waals surface area contributed by atoms with Crippen LogP contribution in [0.4, 0.5) is 4.79 Å². The average molecular weight is 822 g/mol. The second-order valence-corrected chi connectivity index (χ2v) is 13.5. The number of aromatic nitrogens is 2. The van der Waals surface area contributed by atoms with E-state index in [2.05, 4.69) is 10.3 Å². The lowest BCUT2D eigenvalue weighted by Gasteiger charge is -2.37. The number of methoxy groups -OCH3 is 2. The van der Waals surface area contributed by atoms with Crippen molar-refractivity contribution in [3.8, 4) is 11.5 Å². The summed E-state index contributed by atoms with van der Waals surface area (Å²) in [4.78, 5) is 40.7. The molecule has 0 bridgehead atoms. The highest BCUT2D eigenvalue weighted by molar-refractivity contribution is 5.67. The molecule has 17 nitrogen and oxygen atoms in total. The molecule has 0 saturated carbocycles. The van der Waals surface area contributed by atoms with Crippen LogP contribution in [0.15, 0.2) is 101 Å². The zero-order valence-corrected chi connectivity index (χ0v) is 33.0. The smallest absolute Gasteiger partial charge is 0.407 e. The molecular weight excluding hydrogens is 770 g/mol. The van der Waals surface area contributed by atoms with Gasteiger partial charge in [-0.1, -0.05) is 54.6 Å². The first-order chi connectivity index (χ1) is 28.8. The zero-order chi connectivity index (χ0) is 41.5. The SMILES string of the molecule is COc1ccc(C(OC[C@H]2O[C@@H](n3ccc(=O)[nH]c3=O)[C@H](OC(=O)NCC3COCCOCCOCCOCCO3)[C@@H]2O)(c2ccccc2)c2ccc(OC)cc2)cc1. The fourth-order valence-electron chi connectivity index (χ4n) is 6.79. The number of aliphatic hydroxyl groups excluding tert-OH is 1. The van der Waals surface area contributed by atoms with Crippen LogP contribution in [-0.4, -0.2) is 132 Å². The lowest BCUT2D eigenvalue weighted by Crippen LogP contribution is -2.44. The van der Waals surface area contributed by atoms with Crippen molar-refractivity contribution < 1.29 is 57.3 Å². The molecule has 59 heavy (non-hydrogen) atoms. The first-order valence-electron chi connectivity index (χ1n) is 19.3. The van der Waals surface area contributed by atoms with Gasteiger partial charge in [0.05, 0.1) is 86.4 Å². The third-order valence-corrected chi connectivity index (χ3v) is 9.79. The van der Waals surface area contributed by atoms with Crippen molar-refractivity contribution >= 4 is 6.09 Å². The molecule has 3 heterocycles. The van der Waals surface area contributed by atoms with Gasteiger partial charge in [0.1, 0.15) is 29.3 Å². The number of nitrogens with zero attached hydrogens (tertiary/aromatic N) is 1. The van der Waals surface area contributed by atoms with Crippen LogP contribution in [0, 0.1) is 0 Å². The van der Waals surface area contributed by atoms with Gasteiger partial charge in [-0.2, -0.15) is 0 Å². The van der Waals surface area contributed by atoms with E-state index in [0.29, 0.717) is 57.7 Å². The quantitative estimate of drug-likeness (QED) is 0.176. The zero-order valence-electron chi connectivity index (χ0n) is 33.0. The number of hydrogen-bond donors (Lipinski definition) is 3. The minimum atomic E-state index is -1.51. The number of alkyl carbamates (subject to hydrolysis) is 1. The predicted octanol–water partition coefficient (Wildman–Crippen LogP) is 2.38. The molecule has 318 valence electrons. The van der Waals surface area contributed by atoms with Gasteiger partial charge in [0.2, 0.25) is 0 Å². The molecule has 0 spiro atoms. The van der Waals surface area contributed by atoms with Gasteiger partial charge >= 0.3 is 11.8 Å². The van der Waals surface area contributed by atoms with Gasteiger partial charge in [-0.15, -0.1) is 0 Å². The monoisotopic (exact) mass is 821 g/mol. The number of amides is 1. The molecule has 4 aromatic rings. The Bertz CT molecular complexity index is 1930. The summed E-state index contributed by atoms with van der Waals surface area (Å²) < 4.78 is 59.1. The Hall–Kier alpha value is -5.11. The van der Waals surface area contributed by atoms with E-state index in [0.717, 1.165) is 27.3 Å². The lowest BCUT2D eigenvalue weighted by atomic mass is 9.80. The van der Waals surface area contributed by atoms with Crippen molar-refractivity contribution in [2.45, 2.75) is 36.2 Å². The van der Waals surface area contributed by atoms with Crippen LogP contribution in [0.25, 0.3) is 0 Å². The molecule has 1 unspecified atom stereocenters. The standard InChI is InChI=1S/C42H51N3O14/c1-50-32-12-8-30(9-13-32)42(29-6-4-3-5-7-29,31-10-14-33(51-2)15-11-31)57-28-35-37(47)38(39(58-35)45-17-16-36(46)44-40(45)48)59-41(49)43-26-34-27-55-23-22-53-19-18-52-20-21-54-24-25-56-34/h3-17,34-35,37-39,47H,18-28H2,1-2H3,(H,43,49)(H,44,46,48)/t34?,35-,37-,38-,39-/m1/s1. The van der Waals surface area contributed by atoms with E-state index < -0.39 is 53.6 Å². The first-order valence-corrected chi connectivity index (χ1v) is 19.3. The molecule has 6 rings (SSSR count). The fourth-order valence-corrected chi connectivity index (χ4v) is 6.79. The third kappa shape index (κ3) is 11.3. The predicted molar refractivity (Wildman–Crippen MR) is 211 cm³/mol. The van der Waals surface area contributed by atoms with Gasteiger partial charge in [-0.05, 0) is 41.0 Å². The highest BCUT2D eigenvalue weighted by Crippen LogP contribution is 2.43. The van der Waals surface area contributed by atoms with E-state index >= 15 is 0 Å². The van der Waals surface area contributed by atoms with Crippen LogP contribution in [0.3, 0.4) is 0 Å². The molecule has 3 N–H and O–H groups in total. The number of carbonyl (C=O) groups excluding carboxylic acids is 1. The minimum Gasteiger partial charge on any atom is -0.497 e. The Labute approximate surface area is 341 Å². The molecule has 2 saturated heterocycles. The number of rotatable bonds is 12. The Morgan fingerprint density at radius 2 is 1.34 bits per heavy atom. The van der Waals surface area contributed by atoms with Crippen molar-refractivity contribution in [2.24, 2.45) is 0 Å². The maximum absolute atomic E-state index is 13.4. The number of aliphatic hydroxyl groups is 1. The number of carbonyl (C=O) groups is 1. The lowest BCUT2D eigenvalue weighted by molar-refractivity contribution is -0.0960. The van der Waals surface area contributed by atoms with Crippen LogP contribution in [0.1, 0.15) is 22.9 Å². The number of nitrogens with one attached hydrogen (secondary N) is 2. The Morgan fingerprint density at radius 3 is 1.92 bits per heavy atom. The topological polar surface area (TPSA) is 196 Å². The largest absolute Gasteiger partial charge is 0.497 e. The van der Waals surface area contributed by atoms with Crippen molar-refractivity contribution in [3.05, 3.63) is 129 Å². The highest BCUT2D eigenvalue weighted by Gasteiger charge is 2.49. The van der Waals surface area contributed by atoms with Gasteiger partial charge in [0, 0.05) is 18.8 Å². The molecule has 3 aromatic carbocycles. The Morgan fingerprint density at radius 1 is 0.780 bits per heavy atom. The van der Waals surface area contributed by atoms with Gasteiger partial charge in [0.25, 0.3) is 5.56 Å². The maximum Gasteiger partial charge on any atom is 0.407 e. The van der Waals surface area contributed by atoms with Crippen LogP contribution in [0.5, 0.6) is 11.5 Å². The van der Waals surface area contributed by atoms with Crippen LogP contribution >= 0.6 is 0 Å². The van der Waals surface area contributed by atoms with Gasteiger partial charge in [-0.3, -0.25) is 14.3 Å². The van der Waals surface area contributed by atoms with Crippen molar-refractivity contribution in [1.29, 1.82) is 0 Å². The van der Waals surface area contributed by atoms with E-state index in [9.17, 15) is 19.5 Å². The summed E-state index contributed by atoms with van der Waals surface area (Å²) in [6.07, 6.45) is -5.75. The van der Waals surface area contributed by atoms with Crippen molar-refractivity contribution in [3.63, 3.8) is 0 Å². The number of H-pyrrole nitrogens is 1. The fraction of sp³-hybridized carbons (Fsp3) is 0.452. The van der Waals surface area contributed by atoms with Crippen molar-refractivity contribution in [1.82, 2.24) is 14.9 Å². The molecule has 0 aliphatic carbocycles. The highest BCUT2D eigenvalue weighted by atomic mass is 16.6. The summed E-state index contributed by atoms with van der Waals surface area (Å²) in [6, 6.07) is 25.5. The number of benzene rings is 3. The maximum atomic E-state index is 13.4. The Balaban J connectivity index is 1.24. The van der Waals surface area contributed by atoms with Crippen LogP contribution in [0.2, 0.25) is 0 Å². The molecule has 0 radical (unpaired) electrons.